The van der Waals surface area contributed by atoms with E-state index < -0.39 is 5.97 Å². The average Bonchev–Trinajstić information content (AvgIpc) is 3.32. The molecule has 0 unspecified atom stereocenters. The van der Waals surface area contributed by atoms with E-state index in [9.17, 15) is 9.59 Å². The van der Waals surface area contributed by atoms with E-state index in [-0.39, 0.29) is 12.1 Å². The lowest BCUT2D eigenvalue weighted by molar-refractivity contribution is -0.128. The summed E-state index contributed by atoms with van der Waals surface area (Å²) >= 11 is 0. The summed E-state index contributed by atoms with van der Waals surface area (Å²) < 4.78 is 7.21. The molecule has 4 aromatic rings. The third kappa shape index (κ3) is 6.04. The number of benzene rings is 2. The molecule has 4 rings (SSSR count). The summed E-state index contributed by atoms with van der Waals surface area (Å²) in [5.74, 6) is -0.156. The highest BCUT2D eigenvalue weighted by Crippen LogP contribution is 2.24. The van der Waals surface area contributed by atoms with Gasteiger partial charge in [-0.1, -0.05) is 18.2 Å². The zero-order chi connectivity index (χ0) is 25.5. The molecule has 8 nitrogen and oxygen atoms in total. The van der Waals surface area contributed by atoms with Crippen LogP contribution in [0.15, 0.2) is 91.4 Å². The van der Waals surface area contributed by atoms with Gasteiger partial charge in [-0.25, -0.2) is 14.3 Å². The number of esters is 1. The number of nitrogens with zero attached hydrogens (tertiary/aromatic N) is 4. The number of aromatic nitrogens is 3. The molecule has 0 saturated carbocycles. The standard InChI is InChI=1S/C28H27N5O3/c1-20(2)30-28(35)32(3)23-12-14-25(15-13-23)36-26(34)16-11-22-19-33(24-9-5-4-6-10-24)31-27(22)21-8-7-17-29-18-21/h4-20H,1-3H3,(H,30,35). The summed E-state index contributed by atoms with van der Waals surface area (Å²) in [6.07, 6.45) is 8.32. The number of hydrogen-bond acceptors (Lipinski definition) is 5. The van der Waals surface area contributed by atoms with Crippen LogP contribution >= 0.6 is 0 Å². The fourth-order valence-corrected chi connectivity index (χ4v) is 3.46. The zero-order valence-electron chi connectivity index (χ0n) is 20.3. The molecule has 2 amide bonds. The third-order valence-electron chi connectivity index (χ3n) is 5.26. The van der Waals surface area contributed by atoms with Crippen LogP contribution in [0.2, 0.25) is 0 Å². The van der Waals surface area contributed by atoms with E-state index in [1.54, 1.807) is 54.5 Å². The van der Waals surface area contributed by atoms with E-state index in [4.69, 9.17) is 9.84 Å². The molecule has 2 aromatic heterocycles. The molecule has 0 aliphatic heterocycles. The minimum Gasteiger partial charge on any atom is -0.423 e. The number of hydrogen-bond donors (Lipinski definition) is 1. The third-order valence-corrected chi connectivity index (χ3v) is 5.26. The van der Waals surface area contributed by atoms with Gasteiger partial charge in [-0.2, -0.15) is 5.10 Å². The van der Waals surface area contributed by atoms with E-state index >= 15 is 0 Å². The van der Waals surface area contributed by atoms with Crippen molar-refractivity contribution in [2.45, 2.75) is 19.9 Å². The molecule has 0 atom stereocenters. The number of ether oxygens (including phenoxy) is 1. The van der Waals surface area contributed by atoms with Crippen molar-refractivity contribution >= 4 is 23.8 Å². The number of carbonyl (C=O) groups is 2. The summed E-state index contributed by atoms with van der Waals surface area (Å²) in [5.41, 5.74) is 3.86. The van der Waals surface area contributed by atoms with Gasteiger partial charge < -0.3 is 10.1 Å². The van der Waals surface area contributed by atoms with Crippen LogP contribution < -0.4 is 15.0 Å². The van der Waals surface area contributed by atoms with Crippen LogP contribution in [-0.4, -0.2) is 39.9 Å². The number of anilines is 1. The van der Waals surface area contributed by atoms with Crippen molar-refractivity contribution in [3.8, 4) is 22.7 Å². The number of pyridine rings is 1. The van der Waals surface area contributed by atoms with Crippen molar-refractivity contribution in [3.63, 3.8) is 0 Å². The van der Waals surface area contributed by atoms with E-state index in [1.165, 1.54) is 11.0 Å². The largest absolute Gasteiger partial charge is 0.423 e. The van der Waals surface area contributed by atoms with Crippen LogP contribution in [0.1, 0.15) is 19.4 Å². The number of amides is 2. The predicted octanol–water partition coefficient (Wildman–Crippen LogP) is 5.11. The van der Waals surface area contributed by atoms with Crippen LogP contribution in [0.25, 0.3) is 23.0 Å². The maximum atomic E-state index is 12.5. The van der Waals surface area contributed by atoms with Gasteiger partial charge in [0.05, 0.1) is 5.69 Å². The van der Waals surface area contributed by atoms with Crippen molar-refractivity contribution in [2.75, 3.05) is 11.9 Å². The Bertz CT molecular complexity index is 1350. The van der Waals surface area contributed by atoms with Crippen molar-refractivity contribution < 1.29 is 14.3 Å². The number of rotatable bonds is 7. The van der Waals surface area contributed by atoms with E-state index in [0.717, 1.165) is 16.8 Å². The van der Waals surface area contributed by atoms with Crippen molar-refractivity contribution in [1.82, 2.24) is 20.1 Å². The lowest BCUT2D eigenvalue weighted by atomic mass is 10.1. The van der Waals surface area contributed by atoms with Gasteiger partial charge >= 0.3 is 12.0 Å². The second kappa shape index (κ2) is 11.1. The number of urea groups is 1. The summed E-state index contributed by atoms with van der Waals surface area (Å²) in [6, 6.07) is 20.0. The Kier molecular flexibility index (Phi) is 7.55. The number of para-hydroxylation sites is 1. The predicted molar refractivity (Wildman–Crippen MR) is 140 cm³/mol. The Morgan fingerprint density at radius 3 is 2.44 bits per heavy atom. The Balaban J connectivity index is 1.49. The van der Waals surface area contributed by atoms with Crippen LogP contribution in [0.3, 0.4) is 0 Å². The maximum Gasteiger partial charge on any atom is 0.336 e. The fraction of sp³-hybridized carbons (Fsp3) is 0.143. The normalized spacial score (nSPS) is 11.0. The van der Waals surface area contributed by atoms with Crippen LogP contribution in [-0.2, 0) is 4.79 Å². The van der Waals surface area contributed by atoms with Gasteiger partial charge in [0.25, 0.3) is 0 Å². The summed E-state index contributed by atoms with van der Waals surface area (Å²) in [6.45, 7) is 3.79. The molecular formula is C28H27N5O3. The Hall–Kier alpha value is -4.72. The van der Waals surface area contributed by atoms with E-state index in [0.29, 0.717) is 17.1 Å². The monoisotopic (exact) mass is 481 g/mol. The molecule has 0 spiro atoms. The van der Waals surface area contributed by atoms with Crippen LogP contribution in [0.5, 0.6) is 5.75 Å². The molecule has 1 N–H and O–H groups in total. The van der Waals surface area contributed by atoms with Gasteiger partial charge in [0, 0.05) is 54.6 Å². The molecule has 0 radical (unpaired) electrons. The average molecular weight is 482 g/mol. The van der Waals surface area contributed by atoms with Crippen molar-refractivity contribution in [1.29, 1.82) is 0 Å². The first-order chi connectivity index (χ1) is 17.4. The summed E-state index contributed by atoms with van der Waals surface area (Å²) in [5, 5.41) is 7.54. The van der Waals surface area contributed by atoms with Crippen molar-refractivity contribution in [2.24, 2.45) is 0 Å². The zero-order valence-corrected chi connectivity index (χ0v) is 20.3. The minimum absolute atomic E-state index is 0.0328. The lowest BCUT2D eigenvalue weighted by Gasteiger charge is -2.19. The second-order valence-electron chi connectivity index (χ2n) is 8.37. The molecule has 36 heavy (non-hydrogen) atoms. The van der Waals surface area contributed by atoms with Gasteiger partial charge in [-0.15, -0.1) is 0 Å². The highest BCUT2D eigenvalue weighted by molar-refractivity contribution is 5.92. The quantitative estimate of drug-likeness (QED) is 0.225. The molecular weight excluding hydrogens is 454 g/mol. The van der Waals surface area contributed by atoms with Gasteiger partial charge in [-0.3, -0.25) is 9.88 Å². The first kappa shape index (κ1) is 24.4. The first-order valence-corrected chi connectivity index (χ1v) is 11.5. The summed E-state index contributed by atoms with van der Waals surface area (Å²) in [7, 11) is 1.68. The lowest BCUT2D eigenvalue weighted by Crippen LogP contribution is -2.40. The Morgan fingerprint density at radius 2 is 1.78 bits per heavy atom. The smallest absolute Gasteiger partial charge is 0.336 e. The van der Waals surface area contributed by atoms with Crippen LogP contribution in [0, 0.1) is 0 Å². The molecule has 8 heteroatoms. The molecule has 0 aliphatic carbocycles. The second-order valence-corrected chi connectivity index (χ2v) is 8.37. The molecule has 0 fully saturated rings. The Labute approximate surface area is 209 Å². The minimum atomic E-state index is -0.529. The Morgan fingerprint density at radius 1 is 1.03 bits per heavy atom. The van der Waals surface area contributed by atoms with Gasteiger partial charge in [0.15, 0.2) is 0 Å². The molecule has 0 aliphatic rings. The molecule has 0 bridgehead atoms. The van der Waals surface area contributed by atoms with Crippen LogP contribution in [0.4, 0.5) is 10.5 Å². The maximum absolute atomic E-state index is 12.5. The number of carbonyl (C=O) groups excluding carboxylic acids is 2. The SMILES string of the molecule is CC(C)NC(=O)N(C)c1ccc(OC(=O)C=Cc2cn(-c3ccccc3)nc2-c2cccnc2)cc1. The molecule has 2 heterocycles. The van der Waals surface area contributed by atoms with Crippen molar-refractivity contribution in [3.05, 3.63) is 97.0 Å². The molecule has 2 aromatic carbocycles. The molecule has 182 valence electrons. The van der Waals surface area contributed by atoms with Gasteiger partial charge in [0.2, 0.25) is 0 Å². The number of nitrogens with one attached hydrogen (secondary N) is 1. The first-order valence-electron chi connectivity index (χ1n) is 11.5. The fourth-order valence-electron chi connectivity index (χ4n) is 3.46. The molecule has 0 saturated heterocycles. The van der Waals surface area contributed by atoms with Gasteiger partial charge in [0.1, 0.15) is 11.4 Å². The highest BCUT2D eigenvalue weighted by atomic mass is 16.5. The van der Waals surface area contributed by atoms with Gasteiger partial charge in [-0.05, 0) is 68.5 Å². The van der Waals surface area contributed by atoms with E-state index in [1.807, 2.05) is 62.5 Å². The topological polar surface area (TPSA) is 89.4 Å². The summed E-state index contributed by atoms with van der Waals surface area (Å²) in [4.78, 5) is 30.4. The highest BCUT2D eigenvalue weighted by Gasteiger charge is 2.13. The van der Waals surface area contributed by atoms with E-state index in [2.05, 4.69) is 10.3 Å².